The van der Waals surface area contributed by atoms with Crippen molar-refractivity contribution >= 4 is 11.9 Å². The van der Waals surface area contributed by atoms with Gasteiger partial charge in [0.1, 0.15) is 11.4 Å². The molecule has 1 heterocycles. The van der Waals surface area contributed by atoms with Gasteiger partial charge in [-0.05, 0) is 30.2 Å². The number of urea groups is 1. The highest BCUT2D eigenvalue weighted by Crippen LogP contribution is 2.33. The lowest BCUT2D eigenvalue weighted by atomic mass is 9.87. The molecule has 7 heteroatoms. The van der Waals surface area contributed by atoms with E-state index >= 15 is 0 Å². The lowest BCUT2D eigenvalue weighted by molar-refractivity contribution is -0.132. The quantitative estimate of drug-likeness (QED) is 0.861. The van der Waals surface area contributed by atoms with Gasteiger partial charge >= 0.3 is 6.03 Å². The van der Waals surface area contributed by atoms with Gasteiger partial charge in [-0.1, -0.05) is 31.2 Å². The molecule has 1 fully saturated rings. The first-order chi connectivity index (χ1) is 11.9. The third-order valence-electron chi connectivity index (χ3n) is 4.40. The second kappa shape index (κ2) is 6.23. The Bertz CT molecular complexity index is 839. The van der Waals surface area contributed by atoms with Gasteiger partial charge in [-0.2, -0.15) is 0 Å². The summed E-state index contributed by atoms with van der Waals surface area (Å²) >= 11 is 0. The van der Waals surface area contributed by atoms with Crippen LogP contribution in [0, 0.1) is 17.5 Å². The van der Waals surface area contributed by atoms with Crippen molar-refractivity contribution in [2.75, 3.05) is 0 Å². The molecule has 4 nitrogen and oxygen atoms in total. The Morgan fingerprint density at radius 1 is 1.04 bits per heavy atom. The Labute approximate surface area is 142 Å². The summed E-state index contributed by atoms with van der Waals surface area (Å²) in [6, 6.07) is 8.09. The van der Waals surface area contributed by atoms with Gasteiger partial charge in [0, 0.05) is 5.56 Å². The molecule has 1 unspecified atom stereocenters. The molecule has 2 aromatic carbocycles. The minimum atomic E-state index is -1.35. The molecule has 0 radical (unpaired) electrons. The number of nitrogens with zero attached hydrogens (tertiary/aromatic N) is 1. The highest BCUT2D eigenvalue weighted by molar-refractivity contribution is 6.07. The second-order valence-electron chi connectivity index (χ2n) is 5.80. The predicted molar refractivity (Wildman–Crippen MR) is 83.8 cm³/mol. The van der Waals surface area contributed by atoms with Gasteiger partial charge in [0.25, 0.3) is 5.91 Å². The summed E-state index contributed by atoms with van der Waals surface area (Å²) in [5.41, 5.74) is -1.03. The molecule has 0 saturated carbocycles. The van der Waals surface area contributed by atoms with Crippen LogP contribution in [0.25, 0.3) is 0 Å². The lowest BCUT2D eigenvalue weighted by Gasteiger charge is -2.25. The number of halogens is 3. The molecule has 1 aliphatic rings. The van der Waals surface area contributed by atoms with E-state index in [4.69, 9.17) is 0 Å². The molecular formula is C18H15F3N2O2. The van der Waals surface area contributed by atoms with Crippen LogP contribution < -0.4 is 5.32 Å². The Morgan fingerprint density at radius 2 is 1.72 bits per heavy atom. The molecule has 3 amide bonds. The Hall–Kier alpha value is -2.83. The zero-order valence-corrected chi connectivity index (χ0v) is 13.4. The van der Waals surface area contributed by atoms with E-state index in [-0.39, 0.29) is 12.0 Å². The summed E-state index contributed by atoms with van der Waals surface area (Å²) in [6.45, 7) is 1.31. The molecule has 3 rings (SSSR count). The summed E-state index contributed by atoms with van der Waals surface area (Å²) in [7, 11) is 0. The fraction of sp³-hybridized carbons (Fsp3) is 0.222. The number of benzene rings is 2. The number of nitrogens with one attached hydrogen (secondary N) is 1. The van der Waals surface area contributed by atoms with Gasteiger partial charge < -0.3 is 5.32 Å². The maximum Gasteiger partial charge on any atom is 0.325 e. The van der Waals surface area contributed by atoms with E-state index in [9.17, 15) is 22.8 Å². The maximum atomic E-state index is 13.9. The number of hydrogen-bond acceptors (Lipinski definition) is 2. The molecule has 0 bridgehead atoms. The van der Waals surface area contributed by atoms with Gasteiger partial charge in [0.15, 0.2) is 11.6 Å². The smallest absolute Gasteiger partial charge is 0.319 e. The summed E-state index contributed by atoms with van der Waals surface area (Å²) in [4.78, 5) is 26.0. The van der Waals surface area contributed by atoms with E-state index in [1.54, 1.807) is 6.92 Å². The first-order valence-electron chi connectivity index (χ1n) is 7.72. The summed E-state index contributed by atoms with van der Waals surface area (Å²) in [5, 5.41) is 2.61. The van der Waals surface area contributed by atoms with Gasteiger partial charge in [0.05, 0.1) is 6.54 Å². The van der Waals surface area contributed by atoms with Crippen molar-refractivity contribution in [2.24, 2.45) is 0 Å². The van der Waals surface area contributed by atoms with Crippen molar-refractivity contribution in [2.45, 2.75) is 25.4 Å². The van der Waals surface area contributed by atoms with E-state index in [0.29, 0.717) is 5.56 Å². The van der Waals surface area contributed by atoms with Gasteiger partial charge in [0.2, 0.25) is 0 Å². The average Bonchev–Trinajstić information content (AvgIpc) is 2.84. The first kappa shape index (κ1) is 17.0. The number of carbonyl (C=O) groups excluding carboxylic acids is 2. The monoisotopic (exact) mass is 348 g/mol. The van der Waals surface area contributed by atoms with E-state index in [2.05, 4.69) is 5.32 Å². The van der Waals surface area contributed by atoms with Crippen LogP contribution in [0.5, 0.6) is 0 Å². The zero-order valence-electron chi connectivity index (χ0n) is 13.4. The minimum Gasteiger partial charge on any atom is -0.319 e. The van der Waals surface area contributed by atoms with Crippen molar-refractivity contribution in [1.82, 2.24) is 10.2 Å². The summed E-state index contributed by atoms with van der Waals surface area (Å²) in [5.74, 6) is -3.20. The summed E-state index contributed by atoms with van der Waals surface area (Å²) < 4.78 is 40.4. The zero-order chi connectivity index (χ0) is 18.2. The summed E-state index contributed by atoms with van der Waals surface area (Å²) in [6.07, 6.45) is 0.228. The molecular weight excluding hydrogens is 333 g/mol. The molecule has 0 aliphatic carbocycles. The normalized spacial score (nSPS) is 20.1. The number of amides is 3. The van der Waals surface area contributed by atoms with Crippen LogP contribution in [0.3, 0.4) is 0 Å². The standard InChI is InChI=1S/C18H15F3N2O2/c1-2-18(12-6-8-13(19)9-7-12)16(24)23(17(25)22-18)10-11-4-3-5-14(20)15(11)21/h3-9H,2,10H2,1H3,(H,22,25). The Kier molecular flexibility index (Phi) is 4.24. The molecule has 0 spiro atoms. The van der Waals surface area contributed by atoms with Gasteiger partial charge in [-0.25, -0.2) is 18.0 Å². The maximum absolute atomic E-state index is 13.9. The van der Waals surface area contributed by atoms with Crippen LogP contribution in [-0.4, -0.2) is 16.8 Å². The van der Waals surface area contributed by atoms with Crippen LogP contribution in [-0.2, 0) is 16.9 Å². The SMILES string of the molecule is CCC1(c2ccc(F)cc2)NC(=O)N(Cc2cccc(F)c2F)C1=O. The van der Waals surface area contributed by atoms with Crippen LogP contribution in [0.1, 0.15) is 24.5 Å². The van der Waals surface area contributed by atoms with Crippen molar-refractivity contribution in [3.05, 3.63) is 71.0 Å². The van der Waals surface area contributed by atoms with Crippen molar-refractivity contribution < 1.29 is 22.8 Å². The van der Waals surface area contributed by atoms with Crippen LogP contribution >= 0.6 is 0 Å². The molecule has 1 saturated heterocycles. The van der Waals surface area contributed by atoms with E-state index < -0.39 is 41.5 Å². The second-order valence-corrected chi connectivity index (χ2v) is 5.80. The van der Waals surface area contributed by atoms with Crippen LogP contribution in [0.15, 0.2) is 42.5 Å². The van der Waals surface area contributed by atoms with Crippen molar-refractivity contribution in [3.8, 4) is 0 Å². The average molecular weight is 348 g/mol. The molecule has 1 aliphatic heterocycles. The van der Waals surface area contributed by atoms with Crippen LogP contribution in [0.4, 0.5) is 18.0 Å². The largest absolute Gasteiger partial charge is 0.325 e. The van der Waals surface area contributed by atoms with Gasteiger partial charge in [-0.3, -0.25) is 9.69 Å². The van der Waals surface area contributed by atoms with Crippen LogP contribution in [0.2, 0.25) is 0 Å². The molecule has 1 atom stereocenters. The third-order valence-corrected chi connectivity index (χ3v) is 4.40. The molecule has 0 aromatic heterocycles. The molecule has 1 N–H and O–H groups in total. The number of hydrogen-bond donors (Lipinski definition) is 1. The minimum absolute atomic E-state index is 0.102. The third kappa shape index (κ3) is 2.75. The number of imide groups is 1. The van der Waals surface area contributed by atoms with Crippen molar-refractivity contribution in [3.63, 3.8) is 0 Å². The van der Waals surface area contributed by atoms with Crippen molar-refractivity contribution in [1.29, 1.82) is 0 Å². The van der Waals surface area contributed by atoms with E-state index in [0.717, 1.165) is 11.0 Å². The highest BCUT2D eigenvalue weighted by Gasteiger charge is 2.51. The highest BCUT2D eigenvalue weighted by atomic mass is 19.2. The fourth-order valence-electron chi connectivity index (χ4n) is 2.98. The topological polar surface area (TPSA) is 49.4 Å². The van der Waals surface area contributed by atoms with E-state index in [1.165, 1.54) is 36.4 Å². The van der Waals surface area contributed by atoms with Gasteiger partial charge in [-0.15, -0.1) is 0 Å². The number of rotatable bonds is 4. The Morgan fingerprint density at radius 3 is 2.36 bits per heavy atom. The predicted octanol–water partition coefficient (Wildman–Crippen LogP) is 3.46. The van der Waals surface area contributed by atoms with E-state index in [1.807, 2.05) is 0 Å². The molecule has 2 aromatic rings. The molecule has 25 heavy (non-hydrogen) atoms. The first-order valence-corrected chi connectivity index (χ1v) is 7.72. The Balaban J connectivity index is 1.96. The number of carbonyl (C=O) groups is 2. The molecule has 130 valence electrons. The fourth-order valence-corrected chi connectivity index (χ4v) is 2.98. The lowest BCUT2D eigenvalue weighted by Crippen LogP contribution is -2.43.